The molecule has 1 aliphatic rings. The van der Waals surface area contributed by atoms with Gasteiger partial charge in [0.15, 0.2) is 23.5 Å². The highest BCUT2D eigenvalue weighted by molar-refractivity contribution is 6.04. The number of carbonyl (C=O) groups excluding carboxylic acids is 1. The minimum Gasteiger partial charge on any atom is -0.493 e. The second-order valence-corrected chi connectivity index (χ2v) is 3.69. The number of nitrogens with two attached hydrogens (primary N) is 1. The summed E-state index contributed by atoms with van der Waals surface area (Å²) >= 11 is 0. The van der Waals surface area contributed by atoms with Gasteiger partial charge in [0.2, 0.25) is 0 Å². The Balaban J connectivity index is 2.35. The van der Waals surface area contributed by atoms with Crippen molar-refractivity contribution in [3.05, 3.63) is 23.8 Å². The Morgan fingerprint density at radius 1 is 1.42 bits per heavy atom. The maximum atomic E-state index is 12.3. The fourth-order valence-electron chi connectivity index (χ4n) is 1.70. The van der Waals surface area contributed by atoms with Crippen molar-refractivity contribution in [3.63, 3.8) is 0 Å². The van der Waals surface area contributed by atoms with Crippen LogP contribution < -0.4 is 20.5 Å². The predicted octanol–water partition coefficient (Wildman–Crippen LogP) is 0.782. The number of hydrogen-bond acceptors (Lipinski definition) is 5. The van der Waals surface area contributed by atoms with Crippen molar-refractivity contribution in [2.75, 3.05) is 7.11 Å². The van der Waals surface area contributed by atoms with Crippen LogP contribution in [0.4, 0.5) is 8.78 Å². The van der Waals surface area contributed by atoms with Crippen molar-refractivity contribution in [2.24, 2.45) is 10.7 Å². The molecule has 0 aromatic heterocycles. The fourth-order valence-corrected chi connectivity index (χ4v) is 1.70. The molecule has 1 unspecified atom stereocenters. The molecule has 8 heteroatoms. The summed E-state index contributed by atoms with van der Waals surface area (Å²) in [5.41, 5.74) is 5.75. The summed E-state index contributed by atoms with van der Waals surface area (Å²) in [7, 11) is 1.33. The van der Waals surface area contributed by atoms with Crippen LogP contribution in [-0.4, -0.2) is 25.6 Å². The van der Waals surface area contributed by atoms with E-state index in [4.69, 9.17) is 10.5 Å². The highest BCUT2D eigenvalue weighted by Gasteiger charge is 2.27. The topological polar surface area (TPSA) is 85.9 Å². The van der Waals surface area contributed by atoms with Gasteiger partial charge in [-0.05, 0) is 17.7 Å². The molecular formula is C11H11F2N3O3. The Morgan fingerprint density at radius 3 is 2.68 bits per heavy atom. The molecule has 1 amide bonds. The van der Waals surface area contributed by atoms with Crippen LogP contribution in [0.3, 0.4) is 0 Å². The lowest BCUT2D eigenvalue weighted by molar-refractivity contribution is -0.120. The smallest absolute Gasteiger partial charge is 0.387 e. The van der Waals surface area contributed by atoms with E-state index in [-0.39, 0.29) is 17.5 Å². The van der Waals surface area contributed by atoms with E-state index in [9.17, 15) is 13.6 Å². The molecule has 1 aliphatic heterocycles. The number of nitrogens with one attached hydrogen (secondary N) is 1. The summed E-state index contributed by atoms with van der Waals surface area (Å²) in [6, 6.07) is 3.36. The number of benzene rings is 1. The van der Waals surface area contributed by atoms with Crippen LogP contribution in [0.15, 0.2) is 23.2 Å². The third-order valence-corrected chi connectivity index (χ3v) is 2.49. The monoisotopic (exact) mass is 271 g/mol. The molecule has 1 aromatic rings. The molecule has 0 saturated heterocycles. The Hall–Kier alpha value is -2.38. The summed E-state index contributed by atoms with van der Waals surface area (Å²) in [6.07, 6.45) is 0. The molecule has 0 saturated carbocycles. The zero-order chi connectivity index (χ0) is 14.0. The largest absolute Gasteiger partial charge is 0.493 e. The summed E-state index contributed by atoms with van der Waals surface area (Å²) < 4.78 is 33.8. The van der Waals surface area contributed by atoms with Gasteiger partial charge in [-0.25, -0.2) is 4.99 Å². The van der Waals surface area contributed by atoms with E-state index < -0.39 is 18.6 Å². The maximum Gasteiger partial charge on any atom is 0.387 e. The average Bonchev–Trinajstić information content (AvgIpc) is 2.67. The number of amides is 1. The van der Waals surface area contributed by atoms with Crippen molar-refractivity contribution in [3.8, 4) is 11.5 Å². The molecule has 0 radical (unpaired) electrons. The van der Waals surface area contributed by atoms with E-state index in [2.05, 4.69) is 15.0 Å². The van der Waals surface area contributed by atoms with Crippen LogP contribution in [0.1, 0.15) is 11.6 Å². The summed E-state index contributed by atoms with van der Waals surface area (Å²) in [5.74, 6) is -0.462. The van der Waals surface area contributed by atoms with Crippen molar-refractivity contribution >= 4 is 11.9 Å². The van der Waals surface area contributed by atoms with Crippen LogP contribution in [0.5, 0.6) is 11.5 Å². The van der Waals surface area contributed by atoms with Gasteiger partial charge in [-0.2, -0.15) is 8.78 Å². The molecule has 3 N–H and O–H groups in total. The van der Waals surface area contributed by atoms with Gasteiger partial charge in [-0.15, -0.1) is 0 Å². The highest BCUT2D eigenvalue weighted by Crippen LogP contribution is 2.33. The van der Waals surface area contributed by atoms with Gasteiger partial charge in [0, 0.05) is 0 Å². The number of guanidine groups is 1. The van der Waals surface area contributed by atoms with E-state index in [0.29, 0.717) is 5.56 Å². The third kappa shape index (κ3) is 2.72. The summed E-state index contributed by atoms with van der Waals surface area (Å²) in [6.45, 7) is -2.99. The normalized spacial score (nSPS) is 18.2. The number of aliphatic imine (C=N–C) groups is 1. The van der Waals surface area contributed by atoms with E-state index in [1.807, 2.05) is 0 Å². The van der Waals surface area contributed by atoms with Crippen LogP contribution >= 0.6 is 0 Å². The first kappa shape index (κ1) is 13.1. The van der Waals surface area contributed by atoms with Crippen LogP contribution in [0, 0.1) is 0 Å². The van der Waals surface area contributed by atoms with E-state index in [0.717, 1.165) is 0 Å². The molecule has 0 spiro atoms. The van der Waals surface area contributed by atoms with Crippen molar-refractivity contribution in [2.45, 2.75) is 12.7 Å². The number of carbonyl (C=O) groups is 1. The van der Waals surface area contributed by atoms with Gasteiger partial charge in [0.25, 0.3) is 5.91 Å². The van der Waals surface area contributed by atoms with Crippen LogP contribution in [-0.2, 0) is 4.79 Å². The van der Waals surface area contributed by atoms with E-state index >= 15 is 0 Å². The SMILES string of the molecule is COc1ccc(C2N=C(N)NC2=O)cc1OC(F)F. The number of hydrogen-bond donors (Lipinski definition) is 2. The lowest BCUT2D eigenvalue weighted by Gasteiger charge is -2.12. The Bertz CT molecular complexity index is 534. The standard InChI is InChI=1S/C11H11F2N3O3/c1-18-6-3-2-5(4-7(6)19-10(12)13)8-9(17)16-11(14)15-8/h2-4,8,10H,1H3,(H3,14,15,16,17). The number of rotatable bonds is 4. The van der Waals surface area contributed by atoms with Gasteiger partial charge in [0.1, 0.15) is 0 Å². The molecule has 0 aliphatic carbocycles. The zero-order valence-corrected chi connectivity index (χ0v) is 9.89. The van der Waals surface area contributed by atoms with Crippen molar-refractivity contribution < 1.29 is 23.0 Å². The molecular weight excluding hydrogens is 260 g/mol. The van der Waals surface area contributed by atoms with Gasteiger partial charge in [0.05, 0.1) is 7.11 Å². The lowest BCUT2D eigenvalue weighted by Crippen LogP contribution is -2.31. The first-order valence-electron chi connectivity index (χ1n) is 5.28. The van der Waals surface area contributed by atoms with E-state index in [1.165, 1.54) is 25.3 Å². The Labute approximate surface area is 107 Å². The Morgan fingerprint density at radius 2 is 2.16 bits per heavy atom. The molecule has 1 heterocycles. The second-order valence-electron chi connectivity index (χ2n) is 3.69. The molecule has 6 nitrogen and oxygen atoms in total. The number of methoxy groups -OCH3 is 1. The lowest BCUT2D eigenvalue weighted by atomic mass is 10.1. The summed E-state index contributed by atoms with van der Waals surface area (Å²) in [4.78, 5) is 15.4. The number of ether oxygens (including phenoxy) is 2. The quantitative estimate of drug-likeness (QED) is 0.847. The average molecular weight is 271 g/mol. The fraction of sp³-hybridized carbons (Fsp3) is 0.273. The van der Waals surface area contributed by atoms with Gasteiger partial charge in [-0.3, -0.25) is 10.1 Å². The molecule has 102 valence electrons. The first-order chi connectivity index (χ1) is 9.01. The molecule has 0 bridgehead atoms. The van der Waals surface area contributed by atoms with Crippen LogP contribution in [0.25, 0.3) is 0 Å². The first-order valence-corrected chi connectivity index (χ1v) is 5.28. The van der Waals surface area contributed by atoms with Gasteiger partial charge < -0.3 is 15.2 Å². The molecule has 19 heavy (non-hydrogen) atoms. The number of nitrogens with zero attached hydrogens (tertiary/aromatic N) is 1. The molecule has 1 atom stereocenters. The van der Waals surface area contributed by atoms with Crippen molar-refractivity contribution in [1.82, 2.24) is 5.32 Å². The van der Waals surface area contributed by atoms with Crippen LogP contribution in [0.2, 0.25) is 0 Å². The Kier molecular flexibility index (Phi) is 3.50. The number of alkyl halides is 2. The highest BCUT2D eigenvalue weighted by atomic mass is 19.3. The second kappa shape index (κ2) is 5.09. The summed E-state index contributed by atoms with van der Waals surface area (Å²) in [5, 5.41) is 2.32. The van der Waals surface area contributed by atoms with E-state index in [1.54, 1.807) is 0 Å². The van der Waals surface area contributed by atoms with Gasteiger partial charge >= 0.3 is 6.61 Å². The molecule has 2 rings (SSSR count). The molecule has 0 fully saturated rings. The zero-order valence-electron chi connectivity index (χ0n) is 9.89. The predicted molar refractivity (Wildman–Crippen MR) is 62.1 cm³/mol. The third-order valence-electron chi connectivity index (χ3n) is 2.49. The molecule has 1 aromatic carbocycles. The maximum absolute atomic E-state index is 12.3. The number of halogens is 2. The van der Waals surface area contributed by atoms with Gasteiger partial charge in [-0.1, -0.05) is 6.07 Å². The minimum absolute atomic E-state index is 0.0119. The minimum atomic E-state index is -2.99. The van der Waals surface area contributed by atoms with Crippen molar-refractivity contribution in [1.29, 1.82) is 0 Å².